The molecule has 1 unspecified atom stereocenters. The number of anilines is 1. The van der Waals surface area contributed by atoms with Crippen LogP contribution in [0.2, 0.25) is 0 Å². The lowest BCUT2D eigenvalue weighted by molar-refractivity contribution is -0.114. The molecule has 1 aromatic rings. The second-order valence-corrected chi connectivity index (χ2v) is 5.51. The Labute approximate surface area is 123 Å². The Balaban J connectivity index is 2.32. The number of hydrogen-bond acceptors (Lipinski definition) is 2. The highest BCUT2D eigenvalue weighted by Gasteiger charge is 2.37. The first kappa shape index (κ1) is 14.4. The van der Waals surface area contributed by atoms with Gasteiger partial charge in [0.2, 0.25) is 0 Å². The van der Waals surface area contributed by atoms with Crippen LogP contribution in [0, 0.1) is 0 Å². The van der Waals surface area contributed by atoms with Crippen LogP contribution in [0.1, 0.15) is 12.8 Å². The highest BCUT2D eigenvalue weighted by Crippen LogP contribution is 2.31. The molecule has 2 N–H and O–H groups in total. The highest BCUT2D eigenvalue weighted by atomic mass is 35.5. The summed E-state index contributed by atoms with van der Waals surface area (Å²) >= 11 is 11.7. The van der Waals surface area contributed by atoms with Crippen LogP contribution in [0.15, 0.2) is 41.9 Å². The predicted octanol–water partition coefficient (Wildman–Crippen LogP) is 2.87. The van der Waals surface area contributed by atoms with Crippen molar-refractivity contribution < 1.29 is 4.79 Å². The fourth-order valence-electron chi connectivity index (χ4n) is 2.49. The maximum absolute atomic E-state index is 12.2. The van der Waals surface area contributed by atoms with Gasteiger partial charge in [-0.1, -0.05) is 29.8 Å². The van der Waals surface area contributed by atoms with Crippen molar-refractivity contribution in [3.8, 4) is 0 Å². The van der Waals surface area contributed by atoms with E-state index < -0.39 is 0 Å². The maximum atomic E-state index is 12.2. The second-order valence-electron chi connectivity index (χ2n) is 4.64. The van der Waals surface area contributed by atoms with Gasteiger partial charge in [-0.3, -0.25) is 4.79 Å². The van der Waals surface area contributed by atoms with Gasteiger partial charge in [0.05, 0.1) is 6.04 Å². The van der Waals surface area contributed by atoms with Gasteiger partial charge in [0.1, 0.15) is 0 Å². The van der Waals surface area contributed by atoms with E-state index in [2.05, 4.69) is 0 Å². The summed E-state index contributed by atoms with van der Waals surface area (Å²) in [5.41, 5.74) is 8.14. The average molecular weight is 299 g/mol. The molecular formula is C14H16Cl2N2O. The van der Waals surface area contributed by atoms with Gasteiger partial charge in [0.15, 0.2) is 0 Å². The van der Waals surface area contributed by atoms with E-state index in [1.807, 2.05) is 30.3 Å². The van der Waals surface area contributed by atoms with Crippen LogP contribution in [-0.4, -0.2) is 23.4 Å². The molecule has 0 saturated heterocycles. The number of benzene rings is 1. The Bertz CT molecular complexity index is 464. The molecule has 0 heterocycles. The van der Waals surface area contributed by atoms with Crippen LogP contribution in [0.25, 0.3) is 0 Å². The van der Waals surface area contributed by atoms with Crippen molar-refractivity contribution in [3.63, 3.8) is 0 Å². The van der Waals surface area contributed by atoms with Gasteiger partial charge in [-0.05, 0) is 25.0 Å². The first-order chi connectivity index (χ1) is 9.13. The number of carbonyl (C=O) groups excluding carboxylic acids is 1. The zero-order chi connectivity index (χ0) is 13.8. The third kappa shape index (κ3) is 3.30. The molecule has 102 valence electrons. The number of rotatable bonds is 3. The Morgan fingerprint density at radius 1 is 1.32 bits per heavy atom. The van der Waals surface area contributed by atoms with E-state index in [-0.39, 0.29) is 23.4 Å². The van der Waals surface area contributed by atoms with Gasteiger partial charge in [-0.2, -0.15) is 0 Å². The standard InChI is InChI=1S/C14H16Cl2N2O/c15-7-6-14(19)18(11-4-2-1-3-5-11)13-9-10(16)8-12(13)17/h1-7,10,12-13H,8-9,17H2/t10?,12-,13-/m1/s1. The van der Waals surface area contributed by atoms with Gasteiger partial charge in [0, 0.05) is 28.7 Å². The average Bonchev–Trinajstić information content (AvgIpc) is 2.70. The minimum atomic E-state index is -0.174. The van der Waals surface area contributed by atoms with E-state index in [9.17, 15) is 4.79 Å². The minimum Gasteiger partial charge on any atom is -0.326 e. The molecular weight excluding hydrogens is 283 g/mol. The zero-order valence-corrected chi connectivity index (χ0v) is 11.9. The van der Waals surface area contributed by atoms with Crippen LogP contribution in [0.3, 0.4) is 0 Å². The van der Waals surface area contributed by atoms with Crippen molar-refractivity contribution in [3.05, 3.63) is 41.9 Å². The number of alkyl halides is 1. The van der Waals surface area contributed by atoms with Crippen molar-refractivity contribution in [2.24, 2.45) is 5.73 Å². The number of nitrogens with two attached hydrogens (primary N) is 1. The summed E-state index contributed by atoms with van der Waals surface area (Å²) in [6.07, 6.45) is 2.75. The minimum absolute atomic E-state index is 0.0130. The van der Waals surface area contributed by atoms with Gasteiger partial charge >= 0.3 is 0 Å². The fraction of sp³-hybridized carbons (Fsp3) is 0.357. The molecule has 0 bridgehead atoms. The van der Waals surface area contributed by atoms with E-state index in [0.717, 1.165) is 5.69 Å². The normalized spacial score (nSPS) is 26.8. The van der Waals surface area contributed by atoms with Crippen LogP contribution >= 0.6 is 23.2 Å². The summed E-state index contributed by atoms with van der Waals surface area (Å²) < 4.78 is 0. The Hall–Kier alpha value is -1.03. The highest BCUT2D eigenvalue weighted by molar-refractivity contribution is 6.27. The van der Waals surface area contributed by atoms with E-state index in [4.69, 9.17) is 28.9 Å². The summed E-state index contributed by atoms with van der Waals surface area (Å²) in [4.78, 5) is 13.9. The monoisotopic (exact) mass is 298 g/mol. The molecule has 1 amide bonds. The molecule has 3 nitrogen and oxygen atoms in total. The maximum Gasteiger partial charge on any atom is 0.252 e. The number of carbonyl (C=O) groups is 1. The van der Waals surface area contributed by atoms with E-state index in [1.165, 1.54) is 11.6 Å². The van der Waals surface area contributed by atoms with Crippen LogP contribution in [-0.2, 0) is 4.79 Å². The van der Waals surface area contributed by atoms with Gasteiger partial charge in [0.25, 0.3) is 5.91 Å². The fourth-order valence-corrected chi connectivity index (χ4v) is 2.98. The number of hydrogen-bond donors (Lipinski definition) is 1. The topological polar surface area (TPSA) is 46.3 Å². The molecule has 1 aliphatic rings. The molecule has 1 aliphatic carbocycles. The second kappa shape index (κ2) is 6.42. The van der Waals surface area contributed by atoms with Crippen LogP contribution in [0.4, 0.5) is 5.69 Å². The molecule has 3 atom stereocenters. The van der Waals surface area contributed by atoms with Crippen molar-refractivity contribution in [1.82, 2.24) is 0 Å². The van der Waals surface area contributed by atoms with Crippen molar-refractivity contribution in [2.45, 2.75) is 30.3 Å². The third-order valence-electron chi connectivity index (χ3n) is 3.33. The first-order valence-electron chi connectivity index (χ1n) is 6.18. The molecule has 0 aliphatic heterocycles. The predicted molar refractivity (Wildman–Crippen MR) is 79.6 cm³/mol. The van der Waals surface area contributed by atoms with Gasteiger partial charge in [-0.15, -0.1) is 11.6 Å². The van der Waals surface area contributed by atoms with Gasteiger partial charge < -0.3 is 10.6 Å². The van der Waals surface area contributed by atoms with E-state index >= 15 is 0 Å². The van der Waals surface area contributed by atoms with Gasteiger partial charge in [-0.25, -0.2) is 0 Å². The molecule has 19 heavy (non-hydrogen) atoms. The Morgan fingerprint density at radius 3 is 2.53 bits per heavy atom. The number of para-hydroxylation sites is 1. The molecule has 0 radical (unpaired) electrons. The summed E-state index contributed by atoms with van der Waals surface area (Å²) in [7, 11) is 0. The summed E-state index contributed by atoms with van der Waals surface area (Å²) in [5, 5.41) is 0.0130. The summed E-state index contributed by atoms with van der Waals surface area (Å²) in [5.74, 6) is -0.174. The summed E-state index contributed by atoms with van der Waals surface area (Å²) in [6, 6.07) is 9.24. The SMILES string of the molecule is N[C@@H]1CC(Cl)C[C@H]1N(C(=O)C=CCl)c1ccccc1. The quantitative estimate of drug-likeness (QED) is 0.689. The Morgan fingerprint density at radius 2 is 2.00 bits per heavy atom. The number of nitrogens with zero attached hydrogens (tertiary/aromatic N) is 1. The van der Waals surface area contributed by atoms with Crippen LogP contribution in [0.5, 0.6) is 0 Å². The zero-order valence-electron chi connectivity index (χ0n) is 10.4. The number of halogens is 2. The smallest absolute Gasteiger partial charge is 0.252 e. The molecule has 0 aromatic heterocycles. The Kier molecular flexibility index (Phi) is 4.86. The molecule has 1 fully saturated rings. The largest absolute Gasteiger partial charge is 0.326 e. The lowest BCUT2D eigenvalue weighted by Crippen LogP contribution is -2.47. The lowest BCUT2D eigenvalue weighted by Gasteiger charge is -2.30. The third-order valence-corrected chi connectivity index (χ3v) is 3.81. The molecule has 2 rings (SSSR count). The summed E-state index contributed by atoms with van der Waals surface area (Å²) in [6.45, 7) is 0. The molecule has 1 aromatic carbocycles. The van der Waals surface area contributed by atoms with Crippen molar-refractivity contribution in [2.75, 3.05) is 4.90 Å². The van der Waals surface area contributed by atoms with Crippen molar-refractivity contribution in [1.29, 1.82) is 0 Å². The lowest BCUT2D eigenvalue weighted by atomic mass is 10.1. The molecule has 1 saturated carbocycles. The number of amides is 1. The van der Waals surface area contributed by atoms with E-state index in [0.29, 0.717) is 12.8 Å². The molecule has 0 spiro atoms. The van der Waals surface area contributed by atoms with Crippen LogP contribution < -0.4 is 10.6 Å². The van der Waals surface area contributed by atoms with E-state index in [1.54, 1.807) is 4.90 Å². The first-order valence-corrected chi connectivity index (χ1v) is 7.05. The van der Waals surface area contributed by atoms with Crippen molar-refractivity contribution >= 4 is 34.8 Å². The molecule has 5 heteroatoms.